The summed E-state index contributed by atoms with van der Waals surface area (Å²) in [4.78, 5) is 11.6. The average Bonchev–Trinajstić information content (AvgIpc) is 2.04. The van der Waals surface area contributed by atoms with Crippen molar-refractivity contribution in [3.05, 3.63) is 24.3 Å². The molecule has 0 atom stereocenters. The van der Waals surface area contributed by atoms with Gasteiger partial charge >= 0.3 is 0 Å². The summed E-state index contributed by atoms with van der Waals surface area (Å²) in [6.07, 6.45) is 0. The van der Waals surface area contributed by atoms with Crippen LogP contribution in [0.4, 0.5) is 5.69 Å². The number of halogens is 1. The van der Waals surface area contributed by atoms with Crippen LogP contribution in [0.1, 0.15) is 0 Å². The number of hydrogen-bond donors (Lipinski definition) is 2. The number of carbonyl (C=O) groups is 1. The van der Waals surface area contributed by atoms with Crippen LogP contribution in [0, 0.1) is 0 Å². The van der Waals surface area contributed by atoms with Crippen LogP contribution < -0.4 is 5.32 Å². The minimum atomic E-state index is -0.212. The zero-order chi connectivity index (χ0) is 8.97. The number of rotatable bonds is 2. The maximum Gasteiger partial charge on any atom is 0.239 e. The third kappa shape index (κ3) is 2.75. The van der Waals surface area contributed by atoms with Gasteiger partial charge < -0.3 is 5.32 Å². The molecule has 64 valence electrons. The van der Waals surface area contributed by atoms with Gasteiger partial charge in [-0.05, 0) is 18.2 Å². The highest BCUT2D eigenvalue weighted by molar-refractivity contribution is 7.80. The van der Waals surface area contributed by atoms with Gasteiger partial charge in [-0.25, -0.2) is 0 Å². The lowest BCUT2D eigenvalue weighted by molar-refractivity contribution is -0.113. The fourth-order valence-electron chi connectivity index (χ4n) is 0.778. The molecule has 0 aliphatic heterocycles. The van der Waals surface area contributed by atoms with Crippen LogP contribution in [0.2, 0.25) is 0 Å². The van der Waals surface area contributed by atoms with Gasteiger partial charge in [-0.15, -0.1) is 24.2 Å². The first kappa shape index (κ1) is 9.42. The van der Waals surface area contributed by atoms with E-state index in [0.717, 1.165) is 4.90 Å². The Morgan fingerprint density at radius 3 is 2.92 bits per heavy atom. The topological polar surface area (TPSA) is 29.1 Å². The molecule has 0 aromatic heterocycles. The molecule has 1 amide bonds. The Bertz CT molecular complexity index is 290. The molecule has 1 aromatic carbocycles. The van der Waals surface area contributed by atoms with Crippen molar-refractivity contribution in [1.82, 2.24) is 0 Å². The summed E-state index contributed by atoms with van der Waals surface area (Å²) in [5.74, 6) is -0.243. The zero-order valence-corrected chi connectivity index (χ0v) is 7.90. The van der Waals surface area contributed by atoms with E-state index in [1.807, 2.05) is 12.1 Å². The summed E-state index contributed by atoms with van der Waals surface area (Å²) < 4.78 is 0. The van der Waals surface area contributed by atoms with Crippen LogP contribution in [0.25, 0.3) is 0 Å². The molecule has 4 heteroatoms. The molecule has 1 aromatic rings. The van der Waals surface area contributed by atoms with E-state index in [1.54, 1.807) is 12.1 Å². The summed E-state index contributed by atoms with van der Waals surface area (Å²) >= 11 is 9.43. The summed E-state index contributed by atoms with van der Waals surface area (Å²) in [5, 5.41) is 2.61. The van der Waals surface area contributed by atoms with Crippen molar-refractivity contribution in [1.29, 1.82) is 0 Å². The SMILES string of the molecule is O=C(CCl)Nc1cccc(S)c1. The molecule has 0 aliphatic carbocycles. The van der Waals surface area contributed by atoms with E-state index in [2.05, 4.69) is 17.9 Å². The Morgan fingerprint density at radius 2 is 2.33 bits per heavy atom. The second kappa shape index (κ2) is 4.38. The second-order valence-corrected chi connectivity index (χ2v) is 3.02. The lowest BCUT2D eigenvalue weighted by Crippen LogP contribution is -2.12. The fourth-order valence-corrected chi connectivity index (χ4v) is 1.07. The van der Waals surface area contributed by atoms with Gasteiger partial charge in [-0.2, -0.15) is 0 Å². The van der Waals surface area contributed by atoms with Crippen LogP contribution in [0.3, 0.4) is 0 Å². The van der Waals surface area contributed by atoms with E-state index in [0.29, 0.717) is 5.69 Å². The monoisotopic (exact) mass is 201 g/mol. The Labute approximate surface area is 81.3 Å². The number of carbonyl (C=O) groups excluding carboxylic acids is 1. The lowest BCUT2D eigenvalue weighted by Gasteiger charge is -2.02. The minimum Gasteiger partial charge on any atom is -0.325 e. The number of alkyl halides is 1. The van der Waals surface area contributed by atoms with E-state index < -0.39 is 0 Å². The molecule has 1 rings (SSSR count). The van der Waals surface area contributed by atoms with Crippen LogP contribution in [0.15, 0.2) is 29.2 Å². The Balaban J connectivity index is 2.69. The van der Waals surface area contributed by atoms with Crippen molar-refractivity contribution in [2.24, 2.45) is 0 Å². The Morgan fingerprint density at radius 1 is 1.58 bits per heavy atom. The van der Waals surface area contributed by atoms with E-state index in [1.165, 1.54) is 0 Å². The predicted octanol–water partition coefficient (Wildman–Crippen LogP) is 2.15. The van der Waals surface area contributed by atoms with Crippen molar-refractivity contribution >= 4 is 35.8 Å². The first-order valence-electron chi connectivity index (χ1n) is 3.37. The number of hydrogen-bond acceptors (Lipinski definition) is 2. The summed E-state index contributed by atoms with van der Waals surface area (Å²) in [6.45, 7) is 0. The summed E-state index contributed by atoms with van der Waals surface area (Å²) in [5.41, 5.74) is 0.716. The average molecular weight is 202 g/mol. The van der Waals surface area contributed by atoms with Gasteiger partial charge in [0.1, 0.15) is 5.88 Å². The van der Waals surface area contributed by atoms with Crippen molar-refractivity contribution in [3.63, 3.8) is 0 Å². The van der Waals surface area contributed by atoms with E-state index in [4.69, 9.17) is 11.6 Å². The van der Waals surface area contributed by atoms with E-state index in [9.17, 15) is 4.79 Å². The fraction of sp³-hybridized carbons (Fsp3) is 0.125. The molecular weight excluding hydrogens is 194 g/mol. The molecule has 0 heterocycles. The molecule has 1 N–H and O–H groups in total. The highest BCUT2D eigenvalue weighted by Crippen LogP contribution is 2.13. The highest BCUT2D eigenvalue weighted by Gasteiger charge is 1.98. The largest absolute Gasteiger partial charge is 0.325 e. The summed E-state index contributed by atoms with van der Waals surface area (Å²) in [6, 6.07) is 7.18. The first-order chi connectivity index (χ1) is 5.72. The van der Waals surface area contributed by atoms with Gasteiger partial charge in [0, 0.05) is 10.6 Å². The van der Waals surface area contributed by atoms with E-state index in [-0.39, 0.29) is 11.8 Å². The van der Waals surface area contributed by atoms with Crippen molar-refractivity contribution < 1.29 is 4.79 Å². The normalized spacial score (nSPS) is 9.50. The van der Waals surface area contributed by atoms with E-state index >= 15 is 0 Å². The van der Waals surface area contributed by atoms with Gasteiger partial charge in [-0.1, -0.05) is 6.07 Å². The molecule has 0 saturated heterocycles. The Hall–Kier alpha value is -0.670. The lowest BCUT2D eigenvalue weighted by atomic mass is 10.3. The molecule has 0 radical (unpaired) electrons. The van der Waals surface area contributed by atoms with Crippen LogP contribution in [-0.4, -0.2) is 11.8 Å². The number of amides is 1. The number of benzene rings is 1. The number of nitrogens with one attached hydrogen (secondary N) is 1. The van der Waals surface area contributed by atoms with Crippen LogP contribution in [0.5, 0.6) is 0 Å². The van der Waals surface area contributed by atoms with Gasteiger partial charge in [0.25, 0.3) is 0 Å². The third-order valence-corrected chi connectivity index (χ3v) is 1.77. The highest BCUT2D eigenvalue weighted by atomic mass is 35.5. The first-order valence-corrected chi connectivity index (χ1v) is 4.35. The molecule has 0 fully saturated rings. The van der Waals surface area contributed by atoms with Gasteiger partial charge in [0.15, 0.2) is 0 Å². The molecule has 0 unspecified atom stereocenters. The standard InChI is InChI=1S/C8H8ClNOS/c9-5-8(11)10-6-2-1-3-7(12)4-6/h1-4,12H,5H2,(H,10,11). The third-order valence-electron chi connectivity index (χ3n) is 1.25. The molecular formula is C8H8ClNOS. The maximum absolute atomic E-state index is 10.8. The van der Waals surface area contributed by atoms with Crippen molar-refractivity contribution in [2.45, 2.75) is 4.90 Å². The number of anilines is 1. The zero-order valence-electron chi connectivity index (χ0n) is 6.25. The molecule has 0 saturated carbocycles. The quantitative estimate of drug-likeness (QED) is 0.557. The van der Waals surface area contributed by atoms with Gasteiger partial charge in [0.05, 0.1) is 0 Å². The Kier molecular flexibility index (Phi) is 3.44. The van der Waals surface area contributed by atoms with Crippen molar-refractivity contribution in [2.75, 3.05) is 11.2 Å². The molecule has 0 bridgehead atoms. The molecule has 0 spiro atoms. The smallest absolute Gasteiger partial charge is 0.239 e. The maximum atomic E-state index is 10.8. The molecule has 12 heavy (non-hydrogen) atoms. The van der Waals surface area contributed by atoms with Crippen LogP contribution >= 0.6 is 24.2 Å². The molecule has 2 nitrogen and oxygen atoms in total. The predicted molar refractivity (Wildman–Crippen MR) is 53.0 cm³/mol. The summed E-state index contributed by atoms with van der Waals surface area (Å²) in [7, 11) is 0. The minimum absolute atomic E-state index is 0.0310. The molecule has 0 aliphatic rings. The van der Waals surface area contributed by atoms with Gasteiger partial charge in [-0.3, -0.25) is 4.79 Å². The number of thiol groups is 1. The second-order valence-electron chi connectivity index (χ2n) is 2.23. The van der Waals surface area contributed by atoms with Crippen molar-refractivity contribution in [3.8, 4) is 0 Å². The van der Waals surface area contributed by atoms with Crippen LogP contribution in [-0.2, 0) is 4.79 Å². The van der Waals surface area contributed by atoms with Gasteiger partial charge in [0.2, 0.25) is 5.91 Å².